The Balaban J connectivity index is 2.45. The fourth-order valence-corrected chi connectivity index (χ4v) is 2.78. The summed E-state index contributed by atoms with van der Waals surface area (Å²) in [5.41, 5.74) is 0.316. The standard InChI is InChI=1S/C19H16O5/c1-11(20)24-18-9-12(19(21)23-3)8-15-13-6-4-5-7-14(13)17(22-2)10-16(15)18/h4-10H,1-3H3. The van der Waals surface area contributed by atoms with Crippen LogP contribution in [-0.2, 0) is 9.53 Å². The Morgan fingerprint density at radius 3 is 2.17 bits per heavy atom. The minimum absolute atomic E-state index is 0.296. The van der Waals surface area contributed by atoms with Gasteiger partial charge in [-0.3, -0.25) is 4.79 Å². The molecular formula is C19H16O5. The summed E-state index contributed by atoms with van der Waals surface area (Å²) in [6.45, 7) is 1.31. The average Bonchev–Trinajstić information content (AvgIpc) is 2.59. The lowest BCUT2D eigenvalue weighted by Gasteiger charge is -2.13. The monoisotopic (exact) mass is 324 g/mol. The van der Waals surface area contributed by atoms with Gasteiger partial charge in [0.1, 0.15) is 11.5 Å². The van der Waals surface area contributed by atoms with Gasteiger partial charge in [-0.25, -0.2) is 4.79 Å². The highest BCUT2D eigenvalue weighted by molar-refractivity contribution is 6.14. The summed E-state index contributed by atoms with van der Waals surface area (Å²) in [6, 6.07) is 12.7. The summed E-state index contributed by atoms with van der Waals surface area (Å²) in [5, 5.41) is 3.27. The maximum atomic E-state index is 12.0. The van der Waals surface area contributed by atoms with Crippen LogP contribution in [0.1, 0.15) is 17.3 Å². The Bertz CT molecular complexity index is 959. The van der Waals surface area contributed by atoms with E-state index in [2.05, 4.69) is 0 Å². The number of benzene rings is 3. The van der Waals surface area contributed by atoms with Crippen LogP contribution in [0.15, 0.2) is 42.5 Å². The maximum Gasteiger partial charge on any atom is 0.338 e. The van der Waals surface area contributed by atoms with Gasteiger partial charge in [0.25, 0.3) is 0 Å². The van der Waals surface area contributed by atoms with Crippen LogP contribution in [0.2, 0.25) is 0 Å². The molecule has 3 aromatic rings. The Hall–Kier alpha value is -3.08. The van der Waals surface area contributed by atoms with E-state index in [1.807, 2.05) is 24.3 Å². The molecule has 24 heavy (non-hydrogen) atoms. The smallest absolute Gasteiger partial charge is 0.338 e. The predicted octanol–water partition coefficient (Wildman–Crippen LogP) is 3.71. The van der Waals surface area contributed by atoms with Crippen LogP contribution >= 0.6 is 0 Å². The zero-order valence-electron chi connectivity index (χ0n) is 13.6. The fraction of sp³-hybridized carbons (Fsp3) is 0.158. The molecule has 3 rings (SSSR count). The fourth-order valence-electron chi connectivity index (χ4n) is 2.78. The van der Waals surface area contributed by atoms with E-state index >= 15 is 0 Å². The van der Waals surface area contributed by atoms with Gasteiger partial charge in [0.05, 0.1) is 19.8 Å². The first-order valence-corrected chi connectivity index (χ1v) is 7.35. The number of rotatable bonds is 3. The predicted molar refractivity (Wildman–Crippen MR) is 90.7 cm³/mol. The molecule has 0 aliphatic carbocycles. The van der Waals surface area contributed by atoms with Crippen molar-refractivity contribution in [2.45, 2.75) is 6.92 Å². The third-order valence-electron chi connectivity index (χ3n) is 3.79. The highest BCUT2D eigenvalue weighted by atomic mass is 16.5. The molecule has 5 nitrogen and oxygen atoms in total. The first-order valence-electron chi connectivity index (χ1n) is 7.35. The summed E-state index contributed by atoms with van der Waals surface area (Å²) < 4.78 is 15.6. The molecule has 0 aromatic heterocycles. The number of hydrogen-bond acceptors (Lipinski definition) is 5. The number of carbonyl (C=O) groups excluding carboxylic acids is 2. The van der Waals surface area contributed by atoms with Gasteiger partial charge in [-0.15, -0.1) is 0 Å². The molecule has 0 radical (unpaired) electrons. The first kappa shape index (κ1) is 15.8. The number of methoxy groups -OCH3 is 2. The molecule has 0 fully saturated rings. The number of esters is 2. The van der Waals surface area contributed by atoms with Crippen molar-refractivity contribution >= 4 is 33.5 Å². The van der Waals surface area contributed by atoms with Crippen LogP contribution in [-0.4, -0.2) is 26.2 Å². The van der Waals surface area contributed by atoms with Crippen LogP contribution in [0.3, 0.4) is 0 Å². The minimum Gasteiger partial charge on any atom is -0.496 e. The Kier molecular flexibility index (Phi) is 4.08. The highest BCUT2D eigenvalue weighted by Crippen LogP contribution is 2.38. The summed E-state index contributed by atoms with van der Waals surface area (Å²) in [4.78, 5) is 23.4. The maximum absolute atomic E-state index is 12.0. The largest absolute Gasteiger partial charge is 0.496 e. The van der Waals surface area contributed by atoms with Crippen molar-refractivity contribution in [2.75, 3.05) is 14.2 Å². The van der Waals surface area contributed by atoms with E-state index in [9.17, 15) is 9.59 Å². The molecule has 0 saturated heterocycles. The zero-order chi connectivity index (χ0) is 17.3. The molecule has 0 saturated carbocycles. The first-order chi connectivity index (χ1) is 11.5. The van der Waals surface area contributed by atoms with Gasteiger partial charge < -0.3 is 14.2 Å². The molecule has 122 valence electrons. The Labute approximate surface area is 138 Å². The molecule has 5 heteroatoms. The van der Waals surface area contributed by atoms with Gasteiger partial charge in [0.2, 0.25) is 0 Å². The third kappa shape index (κ3) is 2.65. The summed E-state index contributed by atoms with van der Waals surface area (Å²) >= 11 is 0. The molecule has 0 unspecified atom stereocenters. The zero-order valence-corrected chi connectivity index (χ0v) is 13.6. The van der Waals surface area contributed by atoms with Gasteiger partial charge in [0.15, 0.2) is 0 Å². The average molecular weight is 324 g/mol. The molecule has 0 bridgehead atoms. The van der Waals surface area contributed by atoms with Crippen LogP contribution in [0.4, 0.5) is 0 Å². The molecule has 0 spiro atoms. The Morgan fingerprint density at radius 1 is 0.833 bits per heavy atom. The SMILES string of the molecule is COC(=O)c1cc(OC(C)=O)c2cc(OC)c3ccccc3c2c1. The van der Waals surface area contributed by atoms with Gasteiger partial charge in [-0.1, -0.05) is 24.3 Å². The molecule has 0 aliphatic rings. The van der Waals surface area contributed by atoms with Crippen molar-refractivity contribution in [3.05, 3.63) is 48.0 Å². The molecule has 0 aliphatic heterocycles. The normalized spacial score (nSPS) is 10.6. The quantitative estimate of drug-likeness (QED) is 0.417. The molecular weight excluding hydrogens is 308 g/mol. The second-order valence-electron chi connectivity index (χ2n) is 5.28. The van der Waals surface area contributed by atoms with Crippen molar-refractivity contribution in [1.29, 1.82) is 0 Å². The van der Waals surface area contributed by atoms with Gasteiger partial charge >= 0.3 is 11.9 Å². The molecule has 3 aromatic carbocycles. The van der Waals surface area contributed by atoms with E-state index in [4.69, 9.17) is 14.2 Å². The van der Waals surface area contributed by atoms with Gasteiger partial charge in [-0.2, -0.15) is 0 Å². The summed E-state index contributed by atoms with van der Waals surface area (Å²) in [5.74, 6) is -0.00239. The lowest BCUT2D eigenvalue weighted by atomic mass is 9.98. The number of carbonyl (C=O) groups is 2. The molecule has 0 amide bonds. The molecule has 0 heterocycles. The van der Waals surface area contributed by atoms with E-state index in [1.165, 1.54) is 20.1 Å². The molecule has 0 N–H and O–H groups in total. The van der Waals surface area contributed by atoms with E-state index in [0.29, 0.717) is 22.4 Å². The third-order valence-corrected chi connectivity index (χ3v) is 3.79. The number of fused-ring (bicyclic) bond motifs is 3. The van der Waals surface area contributed by atoms with Crippen LogP contribution in [0, 0.1) is 0 Å². The van der Waals surface area contributed by atoms with E-state index < -0.39 is 11.9 Å². The topological polar surface area (TPSA) is 61.8 Å². The second-order valence-corrected chi connectivity index (χ2v) is 5.28. The van der Waals surface area contributed by atoms with Gasteiger partial charge in [-0.05, 0) is 29.0 Å². The van der Waals surface area contributed by atoms with E-state index in [1.54, 1.807) is 19.2 Å². The van der Waals surface area contributed by atoms with Crippen molar-refractivity contribution in [2.24, 2.45) is 0 Å². The van der Waals surface area contributed by atoms with Gasteiger partial charge in [0, 0.05) is 17.7 Å². The van der Waals surface area contributed by atoms with Crippen LogP contribution in [0.25, 0.3) is 21.5 Å². The number of hydrogen-bond donors (Lipinski definition) is 0. The van der Waals surface area contributed by atoms with Crippen LogP contribution in [0.5, 0.6) is 11.5 Å². The minimum atomic E-state index is -0.495. The summed E-state index contributed by atoms with van der Waals surface area (Å²) in [6.07, 6.45) is 0. The summed E-state index contributed by atoms with van der Waals surface area (Å²) in [7, 11) is 2.89. The highest BCUT2D eigenvalue weighted by Gasteiger charge is 2.16. The second kappa shape index (κ2) is 6.20. The van der Waals surface area contributed by atoms with Crippen molar-refractivity contribution in [3.63, 3.8) is 0 Å². The lowest BCUT2D eigenvalue weighted by Crippen LogP contribution is -2.06. The van der Waals surface area contributed by atoms with Crippen LogP contribution < -0.4 is 9.47 Å². The number of ether oxygens (including phenoxy) is 3. The van der Waals surface area contributed by atoms with Crippen molar-refractivity contribution in [1.82, 2.24) is 0 Å². The lowest BCUT2D eigenvalue weighted by molar-refractivity contribution is -0.131. The van der Waals surface area contributed by atoms with E-state index in [0.717, 1.165) is 16.2 Å². The van der Waals surface area contributed by atoms with Crippen molar-refractivity contribution in [3.8, 4) is 11.5 Å². The Morgan fingerprint density at radius 2 is 1.54 bits per heavy atom. The van der Waals surface area contributed by atoms with Crippen molar-refractivity contribution < 1.29 is 23.8 Å². The molecule has 0 atom stereocenters. The van der Waals surface area contributed by atoms with E-state index in [-0.39, 0.29) is 0 Å².